The fourth-order valence-electron chi connectivity index (χ4n) is 3.53. The highest BCUT2D eigenvalue weighted by Gasteiger charge is 2.23. The molecule has 0 spiro atoms. The van der Waals surface area contributed by atoms with Crippen molar-refractivity contribution < 1.29 is 19.1 Å². The van der Waals surface area contributed by atoms with Crippen LogP contribution in [-0.4, -0.2) is 17.8 Å². The summed E-state index contributed by atoms with van der Waals surface area (Å²) in [7, 11) is 0. The molecule has 2 rings (SSSR count). The van der Waals surface area contributed by atoms with Gasteiger partial charge in [-0.3, -0.25) is 19.7 Å². The highest BCUT2D eigenvalue weighted by atomic mass is 16.5. The van der Waals surface area contributed by atoms with Crippen LogP contribution in [0.1, 0.15) is 74.5 Å². The molecule has 5 nitrogen and oxygen atoms in total. The molecule has 0 radical (unpaired) electrons. The molecule has 1 aromatic rings. The lowest BCUT2D eigenvalue weighted by Gasteiger charge is -2.10. The zero-order valence-corrected chi connectivity index (χ0v) is 18.0. The molecule has 0 saturated heterocycles. The minimum absolute atomic E-state index is 0.147. The van der Waals surface area contributed by atoms with E-state index >= 15 is 0 Å². The molecule has 1 N–H and O–H groups in total. The van der Waals surface area contributed by atoms with Gasteiger partial charge in [-0.05, 0) is 49.3 Å². The van der Waals surface area contributed by atoms with Crippen LogP contribution in [0.25, 0.3) is 0 Å². The fraction of sp³-hybridized carbons (Fsp3) is 0.480. The molecule has 1 aliphatic heterocycles. The number of amides is 2. The van der Waals surface area contributed by atoms with Gasteiger partial charge in [0, 0.05) is 11.6 Å². The second-order valence-corrected chi connectivity index (χ2v) is 7.89. The number of carbonyl (C=O) groups is 3. The highest BCUT2D eigenvalue weighted by molar-refractivity contribution is 6.17. The second-order valence-electron chi connectivity index (χ2n) is 7.89. The third-order valence-corrected chi connectivity index (χ3v) is 5.34. The molecular weight excluding hydrogens is 378 g/mol. The molecule has 0 saturated carbocycles. The lowest BCUT2D eigenvalue weighted by atomic mass is 10.0. The number of esters is 1. The van der Waals surface area contributed by atoms with Gasteiger partial charge in [0.05, 0.1) is 6.42 Å². The van der Waals surface area contributed by atoms with E-state index in [0.717, 1.165) is 30.0 Å². The number of benzene rings is 1. The molecule has 1 aliphatic rings. The van der Waals surface area contributed by atoms with Crippen molar-refractivity contribution in [2.45, 2.75) is 77.7 Å². The number of carbonyl (C=O) groups excluding carboxylic acids is 3. The molecule has 0 bridgehead atoms. The van der Waals surface area contributed by atoms with Gasteiger partial charge < -0.3 is 4.74 Å². The summed E-state index contributed by atoms with van der Waals surface area (Å²) in [4.78, 5) is 34.5. The van der Waals surface area contributed by atoms with Crippen molar-refractivity contribution in [3.63, 3.8) is 0 Å². The van der Waals surface area contributed by atoms with Crippen molar-refractivity contribution in [1.82, 2.24) is 5.32 Å². The van der Waals surface area contributed by atoms with Gasteiger partial charge in [-0.1, -0.05) is 56.4 Å². The van der Waals surface area contributed by atoms with Gasteiger partial charge >= 0.3 is 5.97 Å². The third kappa shape index (κ3) is 8.36. The molecular formula is C25H33NO4. The Morgan fingerprint density at radius 2 is 1.77 bits per heavy atom. The summed E-state index contributed by atoms with van der Waals surface area (Å²) < 4.78 is 5.28. The minimum atomic E-state index is -0.523. The molecule has 1 aromatic carbocycles. The SMILES string of the molecule is C=CCCCCCCCCCc1ccc(COC(=O)CC2=CC(=O)NC2=O)c(C)c1. The average Bonchev–Trinajstić information content (AvgIpc) is 3.02. The number of aryl methyl sites for hydroxylation is 2. The normalized spacial score (nSPS) is 13.2. The van der Waals surface area contributed by atoms with Crippen LogP contribution in [0.2, 0.25) is 0 Å². The van der Waals surface area contributed by atoms with Crippen molar-refractivity contribution in [2.75, 3.05) is 0 Å². The van der Waals surface area contributed by atoms with E-state index in [1.54, 1.807) is 0 Å². The molecule has 0 aromatic heterocycles. The number of rotatable bonds is 14. The predicted molar refractivity (Wildman–Crippen MR) is 118 cm³/mol. The quantitative estimate of drug-likeness (QED) is 0.205. The van der Waals surface area contributed by atoms with Gasteiger partial charge in [0.25, 0.3) is 11.8 Å². The van der Waals surface area contributed by atoms with Crippen molar-refractivity contribution in [3.8, 4) is 0 Å². The summed E-state index contributed by atoms with van der Waals surface area (Å²) in [5.74, 6) is -1.53. The van der Waals surface area contributed by atoms with Gasteiger partial charge in [0.15, 0.2) is 0 Å². The van der Waals surface area contributed by atoms with E-state index in [4.69, 9.17) is 4.74 Å². The topological polar surface area (TPSA) is 72.5 Å². The van der Waals surface area contributed by atoms with E-state index in [0.29, 0.717) is 0 Å². The van der Waals surface area contributed by atoms with E-state index in [1.165, 1.54) is 50.5 Å². The molecule has 162 valence electrons. The fourth-order valence-corrected chi connectivity index (χ4v) is 3.53. The first-order valence-corrected chi connectivity index (χ1v) is 10.9. The number of ether oxygens (including phenoxy) is 1. The van der Waals surface area contributed by atoms with E-state index in [9.17, 15) is 14.4 Å². The summed E-state index contributed by atoms with van der Waals surface area (Å²) >= 11 is 0. The van der Waals surface area contributed by atoms with Crippen molar-refractivity contribution >= 4 is 17.8 Å². The molecule has 1 heterocycles. The first kappa shape index (κ1) is 23.6. The molecule has 30 heavy (non-hydrogen) atoms. The number of unbranched alkanes of at least 4 members (excludes halogenated alkanes) is 7. The second kappa shape index (κ2) is 12.8. The van der Waals surface area contributed by atoms with E-state index in [1.807, 2.05) is 19.1 Å². The predicted octanol–water partition coefficient (Wildman–Crippen LogP) is 4.86. The largest absolute Gasteiger partial charge is 0.461 e. The summed E-state index contributed by atoms with van der Waals surface area (Å²) in [6.07, 6.45) is 14.1. The monoisotopic (exact) mass is 411 g/mol. The van der Waals surface area contributed by atoms with E-state index in [2.05, 4.69) is 24.0 Å². The lowest BCUT2D eigenvalue weighted by molar-refractivity contribution is -0.144. The van der Waals surface area contributed by atoms with Crippen LogP contribution in [0.5, 0.6) is 0 Å². The zero-order valence-electron chi connectivity index (χ0n) is 18.0. The Morgan fingerprint density at radius 1 is 1.07 bits per heavy atom. The van der Waals surface area contributed by atoms with Crippen LogP contribution < -0.4 is 5.32 Å². The molecule has 5 heteroatoms. The molecule has 0 unspecified atom stereocenters. The van der Waals surface area contributed by atoms with Gasteiger partial charge in [0.1, 0.15) is 6.61 Å². The first-order valence-electron chi connectivity index (χ1n) is 10.9. The standard InChI is InChI=1S/C25H33NO4/c1-3-4-5-6-7-8-9-10-11-12-20-13-14-21(19(2)15-20)18-30-24(28)17-22-16-23(27)26-25(22)29/h3,13-16H,1,4-12,17-18H2,2H3,(H,26,27,29). The van der Waals surface area contributed by atoms with Gasteiger partial charge in [-0.15, -0.1) is 6.58 Å². The number of nitrogens with one attached hydrogen (secondary N) is 1. The van der Waals surface area contributed by atoms with Crippen molar-refractivity contribution in [3.05, 3.63) is 59.2 Å². The summed E-state index contributed by atoms with van der Waals surface area (Å²) in [5, 5.41) is 2.12. The molecule has 0 aliphatic carbocycles. The van der Waals surface area contributed by atoms with Crippen LogP contribution in [-0.2, 0) is 32.1 Å². The first-order chi connectivity index (χ1) is 14.5. The Hall–Kier alpha value is -2.69. The van der Waals surface area contributed by atoms with Crippen LogP contribution in [0, 0.1) is 6.92 Å². The lowest BCUT2D eigenvalue weighted by Crippen LogP contribution is -2.23. The van der Waals surface area contributed by atoms with E-state index < -0.39 is 17.8 Å². The van der Waals surface area contributed by atoms with Gasteiger partial charge in [0.2, 0.25) is 0 Å². The Bertz CT molecular complexity index is 794. The maximum atomic E-state index is 11.9. The smallest absolute Gasteiger partial charge is 0.310 e. The number of imide groups is 1. The maximum Gasteiger partial charge on any atom is 0.310 e. The average molecular weight is 412 g/mol. The highest BCUT2D eigenvalue weighted by Crippen LogP contribution is 2.17. The maximum absolute atomic E-state index is 11.9. The van der Waals surface area contributed by atoms with Crippen LogP contribution in [0.4, 0.5) is 0 Å². The minimum Gasteiger partial charge on any atom is -0.461 e. The van der Waals surface area contributed by atoms with Crippen LogP contribution >= 0.6 is 0 Å². The molecule has 2 amide bonds. The van der Waals surface area contributed by atoms with Crippen molar-refractivity contribution in [2.24, 2.45) is 0 Å². The number of allylic oxidation sites excluding steroid dienone is 1. The summed E-state index contributed by atoms with van der Waals surface area (Å²) in [6, 6.07) is 6.25. The number of hydrogen-bond donors (Lipinski definition) is 1. The van der Waals surface area contributed by atoms with Gasteiger partial charge in [-0.2, -0.15) is 0 Å². The molecule has 0 fully saturated rings. The Morgan fingerprint density at radius 3 is 2.40 bits per heavy atom. The third-order valence-electron chi connectivity index (χ3n) is 5.34. The Kier molecular flexibility index (Phi) is 10.1. The van der Waals surface area contributed by atoms with E-state index in [-0.39, 0.29) is 18.6 Å². The Balaban J connectivity index is 1.65. The van der Waals surface area contributed by atoms with Crippen LogP contribution in [0.3, 0.4) is 0 Å². The molecule has 0 atom stereocenters. The van der Waals surface area contributed by atoms with Crippen molar-refractivity contribution in [1.29, 1.82) is 0 Å². The summed E-state index contributed by atoms with van der Waals surface area (Å²) in [5.41, 5.74) is 3.50. The van der Waals surface area contributed by atoms with Crippen LogP contribution in [0.15, 0.2) is 42.5 Å². The summed E-state index contributed by atoms with van der Waals surface area (Å²) in [6.45, 7) is 5.94. The number of hydrogen-bond acceptors (Lipinski definition) is 4. The zero-order chi connectivity index (χ0) is 21.8. The van der Waals surface area contributed by atoms with Gasteiger partial charge in [-0.25, -0.2) is 0 Å². The Labute approximate surface area is 179 Å².